The van der Waals surface area contributed by atoms with Crippen molar-refractivity contribution in [1.29, 1.82) is 0 Å². The molecule has 144 valence electrons. The van der Waals surface area contributed by atoms with Gasteiger partial charge in [-0.05, 0) is 55.9 Å². The van der Waals surface area contributed by atoms with Gasteiger partial charge in [-0.25, -0.2) is 4.98 Å². The Kier molecular flexibility index (Phi) is 6.50. The molecule has 1 aromatic heterocycles. The molecule has 1 aliphatic rings. The van der Waals surface area contributed by atoms with E-state index in [1.54, 1.807) is 0 Å². The summed E-state index contributed by atoms with van der Waals surface area (Å²) in [6.45, 7) is 1.58. The van der Waals surface area contributed by atoms with E-state index in [9.17, 15) is 9.59 Å². The maximum Gasteiger partial charge on any atom is 0.306 e. The zero-order valence-corrected chi connectivity index (χ0v) is 16.0. The van der Waals surface area contributed by atoms with E-state index < -0.39 is 5.91 Å². The van der Waals surface area contributed by atoms with Gasteiger partial charge in [-0.2, -0.15) is 0 Å². The van der Waals surface area contributed by atoms with E-state index in [0.717, 1.165) is 55.5 Å². The summed E-state index contributed by atoms with van der Waals surface area (Å²) in [6.07, 6.45) is 4.24. The van der Waals surface area contributed by atoms with Crippen LogP contribution in [0.2, 0.25) is 5.02 Å². The number of ether oxygens (including phenoxy) is 1. The molecule has 1 fully saturated rings. The van der Waals surface area contributed by atoms with Crippen LogP contribution in [0.5, 0.6) is 0 Å². The number of fused-ring (bicyclic) bond motifs is 1. The van der Waals surface area contributed by atoms with Crippen molar-refractivity contribution in [2.24, 2.45) is 11.7 Å². The number of hydrogen-bond donors (Lipinski definition) is 1. The van der Waals surface area contributed by atoms with Crippen molar-refractivity contribution >= 4 is 40.2 Å². The van der Waals surface area contributed by atoms with Crippen LogP contribution in [0.3, 0.4) is 0 Å². The molecule has 7 heteroatoms. The number of pyridine rings is 1. The van der Waals surface area contributed by atoms with Gasteiger partial charge in [0.05, 0.1) is 5.52 Å². The number of nitrogens with zero attached hydrogens (tertiary/aromatic N) is 2. The number of halogens is 1. The maximum absolute atomic E-state index is 11.5. The van der Waals surface area contributed by atoms with E-state index in [-0.39, 0.29) is 12.6 Å². The summed E-state index contributed by atoms with van der Waals surface area (Å²) < 4.78 is 4.77. The van der Waals surface area contributed by atoms with Gasteiger partial charge in [-0.1, -0.05) is 17.7 Å². The van der Waals surface area contributed by atoms with Crippen LogP contribution >= 0.6 is 11.6 Å². The Morgan fingerprint density at radius 2 is 1.96 bits per heavy atom. The molecule has 2 heterocycles. The summed E-state index contributed by atoms with van der Waals surface area (Å²) in [6, 6.07) is 9.89. The largest absolute Gasteiger partial charge is 0.456 e. The number of anilines is 1. The van der Waals surface area contributed by atoms with Gasteiger partial charge >= 0.3 is 5.97 Å². The second kappa shape index (κ2) is 9.04. The number of esters is 1. The molecule has 6 nitrogen and oxygen atoms in total. The van der Waals surface area contributed by atoms with E-state index in [2.05, 4.69) is 17.0 Å². The van der Waals surface area contributed by atoms with Crippen molar-refractivity contribution in [3.05, 3.63) is 35.4 Å². The highest BCUT2D eigenvalue weighted by Gasteiger charge is 2.20. The zero-order valence-electron chi connectivity index (χ0n) is 15.2. The van der Waals surface area contributed by atoms with Crippen LogP contribution in [-0.4, -0.2) is 36.6 Å². The van der Waals surface area contributed by atoms with Crippen molar-refractivity contribution in [3.63, 3.8) is 0 Å². The first-order valence-electron chi connectivity index (χ1n) is 9.26. The van der Waals surface area contributed by atoms with Crippen molar-refractivity contribution in [1.82, 2.24) is 4.98 Å². The Morgan fingerprint density at radius 3 is 2.70 bits per heavy atom. The predicted octanol–water partition coefficient (Wildman–Crippen LogP) is 3.30. The molecule has 1 saturated heterocycles. The molecule has 2 aromatic rings. The summed E-state index contributed by atoms with van der Waals surface area (Å²) in [4.78, 5) is 29.1. The smallest absolute Gasteiger partial charge is 0.306 e. The minimum atomic E-state index is -0.625. The number of carbonyl (C=O) groups is 2. The molecule has 3 rings (SSSR count). The molecule has 27 heavy (non-hydrogen) atoms. The number of primary amides is 1. The molecular formula is C20H24ClN3O3. The second-order valence-corrected chi connectivity index (χ2v) is 7.39. The summed E-state index contributed by atoms with van der Waals surface area (Å²) >= 11 is 6.07. The number of amides is 1. The highest BCUT2D eigenvalue weighted by atomic mass is 35.5. The standard InChI is InChI=1S/C20H24ClN3O3/c21-16-6-4-15-5-7-19(23-17(15)12-16)24-10-8-14(9-11-24)2-1-3-20(26)27-13-18(22)25/h4-7,12,14H,1-3,8-11,13H2,(H2,22,25). The van der Waals surface area contributed by atoms with E-state index in [0.29, 0.717) is 17.4 Å². The van der Waals surface area contributed by atoms with Gasteiger partial charge in [0.1, 0.15) is 5.82 Å². The molecular weight excluding hydrogens is 366 g/mol. The molecule has 0 saturated carbocycles. The molecule has 1 aromatic carbocycles. The van der Waals surface area contributed by atoms with Gasteiger partial charge < -0.3 is 15.4 Å². The fourth-order valence-electron chi connectivity index (χ4n) is 3.47. The Morgan fingerprint density at radius 1 is 1.22 bits per heavy atom. The number of piperidine rings is 1. The van der Waals surface area contributed by atoms with Gasteiger partial charge in [0.15, 0.2) is 6.61 Å². The predicted molar refractivity (Wildman–Crippen MR) is 106 cm³/mol. The lowest BCUT2D eigenvalue weighted by Gasteiger charge is -2.33. The quantitative estimate of drug-likeness (QED) is 0.734. The number of carbonyl (C=O) groups excluding carboxylic acids is 2. The maximum atomic E-state index is 11.5. The highest BCUT2D eigenvalue weighted by Crippen LogP contribution is 2.27. The van der Waals surface area contributed by atoms with Gasteiger partial charge in [-0.15, -0.1) is 0 Å². The van der Waals surface area contributed by atoms with Crippen LogP contribution in [-0.2, 0) is 14.3 Å². The van der Waals surface area contributed by atoms with Crippen LogP contribution < -0.4 is 10.6 Å². The van der Waals surface area contributed by atoms with Crippen LogP contribution in [0, 0.1) is 5.92 Å². The van der Waals surface area contributed by atoms with E-state index in [1.807, 2.05) is 18.2 Å². The van der Waals surface area contributed by atoms with Crippen LogP contribution in [0.1, 0.15) is 32.1 Å². The molecule has 0 unspecified atom stereocenters. The number of aromatic nitrogens is 1. The number of benzene rings is 1. The lowest BCUT2D eigenvalue weighted by molar-refractivity contribution is -0.147. The molecule has 0 radical (unpaired) electrons. The van der Waals surface area contributed by atoms with E-state index in [4.69, 9.17) is 27.1 Å². The topological polar surface area (TPSA) is 85.5 Å². The number of hydrogen-bond acceptors (Lipinski definition) is 5. The average Bonchev–Trinajstić information content (AvgIpc) is 2.66. The first kappa shape index (κ1) is 19.4. The first-order valence-corrected chi connectivity index (χ1v) is 9.64. The van der Waals surface area contributed by atoms with Gasteiger partial charge in [0, 0.05) is 29.9 Å². The summed E-state index contributed by atoms with van der Waals surface area (Å²) in [5, 5.41) is 1.78. The van der Waals surface area contributed by atoms with Crippen molar-refractivity contribution in [2.45, 2.75) is 32.1 Å². The Labute approximate surface area is 163 Å². The van der Waals surface area contributed by atoms with E-state index in [1.165, 1.54) is 0 Å². The van der Waals surface area contributed by atoms with Gasteiger partial charge in [0.25, 0.3) is 5.91 Å². The Bertz CT molecular complexity index is 819. The highest BCUT2D eigenvalue weighted by molar-refractivity contribution is 6.31. The summed E-state index contributed by atoms with van der Waals surface area (Å²) in [7, 11) is 0. The Balaban J connectivity index is 1.45. The SMILES string of the molecule is NC(=O)COC(=O)CCCC1CCN(c2ccc3ccc(Cl)cc3n2)CC1. The summed E-state index contributed by atoms with van der Waals surface area (Å²) in [5.41, 5.74) is 5.87. The number of rotatable bonds is 7. The monoisotopic (exact) mass is 389 g/mol. The molecule has 0 spiro atoms. The molecule has 2 N–H and O–H groups in total. The van der Waals surface area contributed by atoms with E-state index >= 15 is 0 Å². The molecule has 0 aliphatic carbocycles. The second-order valence-electron chi connectivity index (χ2n) is 6.96. The van der Waals surface area contributed by atoms with Crippen molar-refractivity contribution < 1.29 is 14.3 Å². The summed E-state index contributed by atoms with van der Waals surface area (Å²) in [5.74, 6) is 0.601. The molecule has 1 aliphatic heterocycles. The normalized spacial score (nSPS) is 15.1. The van der Waals surface area contributed by atoms with Crippen molar-refractivity contribution in [3.8, 4) is 0 Å². The van der Waals surface area contributed by atoms with Crippen molar-refractivity contribution in [2.75, 3.05) is 24.6 Å². The van der Waals surface area contributed by atoms with Crippen LogP contribution in [0.25, 0.3) is 10.9 Å². The minimum absolute atomic E-state index is 0.332. The first-order chi connectivity index (χ1) is 13.0. The van der Waals surface area contributed by atoms with Gasteiger partial charge in [-0.3, -0.25) is 9.59 Å². The third-order valence-electron chi connectivity index (χ3n) is 4.95. The molecule has 1 amide bonds. The minimum Gasteiger partial charge on any atom is -0.456 e. The fourth-order valence-corrected chi connectivity index (χ4v) is 3.63. The number of nitrogens with two attached hydrogens (primary N) is 1. The molecule has 0 atom stereocenters. The molecule has 0 bridgehead atoms. The Hall–Kier alpha value is -2.34. The average molecular weight is 390 g/mol. The van der Waals surface area contributed by atoms with Crippen LogP contribution in [0.15, 0.2) is 30.3 Å². The fraction of sp³-hybridized carbons (Fsp3) is 0.450. The zero-order chi connectivity index (χ0) is 19.2. The lowest BCUT2D eigenvalue weighted by Crippen LogP contribution is -2.34. The third kappa shape index (κ3) is 5.57. The van der Waals surface area contributed by atoms with Gasteiger partial charge in [0.2, 0.25) is 0 Å². The third-order valence-corrected chi connectivity index (χ3v) is 5.18. The van der Waals surface area contributed by atoms with Crippen LogP contribution in [0.4, 0.5) is 5.82 Å². The lowest BCUT2D eigenvalue weighted by atomic mass is 9.91.